The largest absolute Gasteiger partial charge is 0.501 e. The first-order chi connectivity index (χ1) is 12.8. The maximum atomic E-state index is 13.8. The van der Waals surface area contributed by atoms with E-state index in [1.807, 2.05) is 0 Å². The predicted octanol–water partition coefficient (Wildman–Crippen LogP) is 1.32. The number of carbonyl (C=O) groups is 1. The van der Waals surface area contributed by atoms with E-state index in [0.29, 0.717) is 12.2 Å². The van der Waals surface area contributed by atoms with E-state index in [-0.39, 0.29) is 30.3 Å². The van der Waals surface area contributed by atoms with Crippen molar-refractivity contribution in [2.45, 2.75) is 32.5 Å². The van der Waals surface area contributed by atoms with Gasteiger partial charge in [0.2, 0.25) is 5.75 Å². The Hall–Kier alpha value is -2.94. The van der Waals surface area contributed by atoms with Gasteiger partial charge in [-0.3, -0.25) is 14.2 Å². The summed E-state index contributed by atoms with van der Waals surface area (Å²) in [5.41, 5.74) is -1.17. The van der Waals surface area contributed by atoms with Crippen molar-refractivity contribution in [1.29, 1.82) is 0 Å². The van der Waals surface area contributed by atoms with E-state index in [1.165, 1.54) is 16.7 Å². The Balaban J connectivity index is 1.91. The fourth-order valence-electron chi connectivity index (χ4n) is 3.08. The van der Waals surface area contributed by atoms with Gasteiger partial charge in [-0.05, 0) is 25.5 Å². The number of aromatic hydroxyl groups is 1. The lowest BCUT2D eigenvalue weighted by atomic mass is 10.1. The van der Waals surface area contributed by atoms with Gasteiger partial charge in [-0.25, -0.2) is 9.37 Å². The van der Waals surface area contributed by atoms with Crippen LogP contribution in [0.2, 0.25) is 0 Å². The number of hydrogen-bond acceptors (Lipinski definition) is 6. The highest BCUT2D eigenvalue weighted by atomic mass is 19.1. The summed E-state index contributed by atoms with van der Waals surface area (Å²) in [6, 6.07) is 4.48. The molecule has 1 aromatic carbocycles. The summed E-state index contributed by atoms with van der Waals surface area (Å²) >= 11 is 0. The van der Waals surface area contributed by atoms with Gasteiger partial charge in [0.1, 0.15) is 17.2 Å². The molecule has 3 rings (SSSR count). The second-order valence-electron chi connectivity index (χ2n) is 6.65. The third-order valence-electron chi connectivity index (χ3n) is 4.47. The maximum Gasteiger partial charge on any atom is 0.296 e. The molecular formula is C18H21FN4O4. The number of nitrogens with one attached hydrogen (secondary N) is 2. The van der Waals surface area contributed by atoms with Crippen LogP contribution in [0.25, 0.3) is 0 Å². The maximum absolute atomic E-state index is 13.8. The average Bonchev–Trinajstić information content (AvgIpc) is 2.62. The van der Waals surface area contributed by atoms with E-state index in [2.05, 4.69) is 15.6 Å². The molecule has 0 spiro atoms. The Morgan fingerprint density at radius 1 is 1.44 bits per heavy atom. The minimum atomic E-state index is -0.873. The first kappa shape index (κ1) is 18.8. The van der Waals surface area contributed by atoms with E-state index in [4.69, 9.17) is 4.74 Å². The Morgan fingerprint density at radius 2 is 2.19 bits per heavy atom. The van der Waals surface area contributed by atoms with Crippen LogP contribution in [0, 0.1) is 5.82 Å². The molecule has 0 atom stereocenters. The number of anilines is 1. The van der Waals surface area contributed by atoms with E-state index in [9.17, 15) is 19.1 Å². The van der Waals surface area contributed by atoms with Gasteiger partial charge < -0.3 is 20.5 Å². The average molecular weight is 376 g/mol. The number of aromatic nitrogens is 2. The number of carbonyl (C=O) groups excluding carboxylic acids is 1. The third-order valence-corrected chi connectivity index (χ3v) is 4.47. The number of halogens is 1. The minimum Gasteiger partial charge on any atom is -0.501 e. The van der Waals surface area contributed by atoms with Crippen LogP contribution >= 0.6 is 0 Å². The molecule has 1 aromatic heterocycles. The van der Waals surface area contributed by atoms with Gasteiger partial charge in [0.25, 0.3) is 11.5 Å². The molecule has 9 heteroatoms. The van der Waals surface area contributed by atoms with Crippen LogP contribution in [-0.4, -0.2) is 34.2 Å². The number of hydrogen-bond donors (Lipinski definition) is 3. The third kappa shape index (κ3) is 3.37. The van der Waals surface area contributed by atoms with Crippen LogP contribution in [0.4, 0.5) is 10.1 Å². The van der Waals surface area contributed by atoms with E-state index in [1.54, 1.807) is 27.0 Å². The Labute approximate surface area is 155 Å². The van der Waals surface area contributed by atoms with Crippen LogP contribution in [-0.2, 0) is 23.4 Å². The van der Waals surface area contributed by atoms with Crippen LogP contribution in [0.15, 0.2) is 23.0 Å². The lowest BCUT2D eigenvalue weighted by molar-refractivity contribution is -0.0566. The summed E-state index contributed by atoms with van der Waals surface area (Å²) in [5, 5.41) is 15.5. The van der Waals surface area contributed by atoms with Crippen molar-refractivity contribution < 1.29 is 19.0 Å². The quantitative estimate of drug-likeness (QED) is 0.743. The van der Waals surface area contributed by atoms with Crippen LogP contribution in [0.3, 0.4) is 0 Å². The zero-order valence-corrected chi connectivity index (χ0v) is 15.3. The smallest absolute Gasteiger partial charge is 0.296 e. The minimum absolute atomic E-state index is 0.00774. The number of benzene rings is 1. The van der Waals surface area contributed by atoms with Crippen molar-refractivity contribution in [2.24, 2.45) is 0 Å². The molecule has 1 amide bonds. The molecule has 1 aliphatic heterocycles. The SMILES string of the molecule is CNc1c(F)cccc1CNC(=O)c1nc2n(c(=O)c1O)CCOC2(C)C. The van der Waals surface area contributed by atoms with Gasteiger partial charge in [-0.15, -0.1) is 0 Å². The molecule has 2 heterocycles. The molecule has 0 fully saturated rings. The van der Waals surface area contributed by atoms with Gasteiger partial charge in [0.05, 0.1) is 18.8 Å². The van der Waals surface area contributed by atoms with Gasteiger partial charge in [0, 0.05) is 13.6 Å². The van der Waals surface area contributed by atoms with Crippen molar-refractivity contribution in [3.05, 3.63) is 51.5 Å². The summed E-state index contributed by atoms with van der Waals surface area (Å²) < 4.78 is 20.7. The van der Waals surface area contributed by atoms with Crippen LogP contribution in [0.1, 0.15) is 35.7 Å². The van der Waals surface area contributed by atoms with E-state index in [0.717, 1.165) is 0 Å². The van der Waals surface area contributed by atoms with Crippen molar-refractivity contribution in [2.75, 3.05) is 19.0 Å². The van der Waals surface area contributed by atoms with Gasteiger partial charge in [0.15, 0.2) is 5.69 Å². The monoisotopic (exact) mass is 376 g/mol. The molecule has 0 bridgehead atoms. The Bertz CT molecular complexity index is 955. The highest BCUT2D eigenvalue weighted by Crippen LogP contribution is 2.27. The molecule has 3 N–H and O–H groups in total. The van der Waals surface area contributed by atoms with Crippen LogP contribution in [0.5, 0.6) is 5.75 Å². The molecule has 0 saturated carbocycles. The molecular weight excluding hydrogens is 355 g/mol. The van der Waals surface area contributed by atoms with Crippen molar-refractivity contribution >= 4 is 11.6 Å². The van der Waals surface area contributed by atoms with Gasteiger partial charge >= 0.3 is 0 Å². The zero-order chi connectivity index (χ0) is 19.8. The van der Waals surface area contributed by atoms with Crippen molar-refractivity contribution in [3.8, 4) is 5.75 Å². The molecule has 1 aliphatic rings. The summed E-state index contributed by atoms with van der Waals surface area (Å²) in [6.45, 7) is 4.00. The lowest BCUT2D eigenvalue weighted by Gasteiger charge is -2.32. The standard InChI is InChI=1S/C18H21FN4O4/c1-18(2)17-22-13(14(24)16(26)23(17)7-8-27-18)15(25)21-9-10-5-4-6-11(19)12(10)20-3/h4-6,20,24H,7-9H2,1-3H3,(H,21,25). The molecule has 27 heavy (non-hydrogen) atoms. The number of ether oxygens (including phenoxy) is 1. The molecule has 8 nitrogen and oxygen atoms in total. The molecule has 0 unspecified atom stereocenters. The normalized spacial score (nSPS) is 15.1. The summed E-state index contributed by atoms with van der Waals surface area (Å²) in [5.74, 6) is -1.64. The first-order valence-corrected chi connectivity index (χ1v) is 8.48. The summed E-state index contributed by atoms with van der Waals surface area (Å²) in [6.07, 6.45) is 0. The van der Waals surface area contributed by atoms with Crippen LogP contribution < -0.4 is 16.2 Å². The van der Waals surface area contributed by atoms with E-state index >= 15 is 0 Å². The molecule has 0 aliphatic carbocycles. The zero-order valence-electron chi connectivity index (χ0n) is 15.3. The molecule has 144 valence electrons. The number of fused-ring (bicyclic) bond motifs is 1. The summed E-state index contributed by atoms with van der Waals surface area (Å²) in [7, 11) is 1.57. The first-order valence-electron chi connectivity index (χ1n) is 8.48. The second-order valence-corrected chi connectivity index (χ2v) is 6.65. The molecule has 0 saturated heterocycles. The Morgan fingerprint density at radius 3 is 2.89 bits per heavy atom. The topological polar surface area (TPSA) is 105 Å². The number of rotatable bonds is 4. The number of amides is 1. The Kier molecular flexibility index (Phi) is 4.88. The molecule has 0 radical (unpaired) electrons. The lowest BCUT2D eigenvalue weighted by Crippen LogP contribution is -2.42. The summed E-state index contributed by atoms with van der Waals surface area (Å²) in [4.78, 5) is 29.1. The fourth-order valence-corrected chi connectivity index (χ4v) is 3.08. The number of para-hydroxylation sites is 1. The van der Waals surface area contributed by atoms with Gasteiger partial charge in [-0.1, -0.05) is 12.1 Å². The molecule has 2 aromatic rings. The van der Waals surface area contributed by atoms with Gasteiger partial charge in [-0.2, -0.15) is 0 Å². The second kappa shape index (κ2) is 6.99. The van der Waals surface area contributed by atoms with Crippen molar-refractivity contribution in [3.63, 3.8) is 0 Å². The highest BCUT2D eigenvalue weighted by Gasteiger charge is 2.34. The predicted molar refractivity (Wildman–Crippen MR) is 96.3 cm³/mol. The fraction of sp³-hybridized carbons (Fsp3) is 0.389. The van der Waals surface area contributed by atoms with Crippen molar-refractivity contribution in [1.82, 2.24) is 14.9 Å². The van der Waals surface area contributed by atoms with E-state index < -0.39 is 28.6 Å². The highest BCUT2D eigenvalue weighted by molar-refractivity contribution is 5.94. The number of nitrogens with zero attached hydrogens (tertiary/aromatic N) is 2.